The molecule has 0 radical (unpaired) electrons. The van der Waals surface area contributed by atoms with Crippen LogP contribution in [0.15, 0.2) is 0 Å². The Kier molecular flexibility index (Phi) is 2.97. The van der Waals surface area contributed by atoms with Gasteiger partial charge in [0.2, 0.25) is 0 Å². The van der Waals surface area contributed by atoms with Crippen molar-refractivity contribution in [2.45, 2.75) is 6.10 Å². The normalized spacial score (nSPS) is 32.0. The Morgan fingerprint density at radius 2 is 2.70 bits per heavy atom. The fourth-order valence-electron chi connectivity index (χ4n) is 0.663. The topological polar surface area (TPSA) is 21.8 Å². The summed E-state index contributed by atoms with van der Waals surface area (Å²) in [6.07, 6.45) is 0.454. The van der Waals surface area contributed by atoms with Crippen LogP contribution in [-0.4, -0.2) is 29.9 Å². The Hall–Kier alpha value is 1.25. The summed E-state index contributed by atoms with van der Waals surface area (Å²) in [5.41, 5.74) is 0. The molecule has 0 spiro atoms. The van der Waals surface area contributed by atoms with Crippen LogP contribution in [0.2, 0.25) is 0 Å². The summed E-state index contributed by atoms with van der Waals surface area (Å²) in [5, 5.41) is 0. The molecule has 0 bridgehead atoms. The van der Waals surface area contributed by atoms with E-state index in [9.17, 15) is 0 Å². The van der Waals surface area contributed by atoms with E-state index in [1.54, 1.807) is 2.43 Å². The van der Waals surface area contributed by atoms with Crippen LogP contribution < -0.4 is 21.2 Å². The molecule has 1 saturated heterocycles. The first-order chi connectivity index (χ1) is 4.95. The van der Waals surface area contributed by atoms with Crippen LogP contribution in [0.1, 0.15) is 0 Å². The molecule has 0 aromatic rings. The van der Waals surface area contributed by atoms with Crippen LogP contribution in [0.3, 0.4) is 0 Å². The van der Waals surface area contributed by atoms with Crippen LogP contribution >= 0.6 is 20.7 Å². The maximum absolute atomic E-state index is 5.59. The molecule has 2 rings (SSSR count). The van der Waals surface area contributed by atoms with Crippen LogP contribution in [-0.2, 0) is 9.47 Å². The fraction of sp³-hybridized carbons (Fsp3) is 0.833. The summed E-state index contributed by atoms with van der Waals surface area (Å²) in [6.45, 7) is 1.78. The van der Waals surface area contributed by atoms with Gasteiger partial charge >= 0.3 is 81.3 Å². The van der Waals surface area contributed by atoms with Gasteiger partial charge in [-0.25, -0.2) is 0 Å². The van der Waals surface area contributed by atoms with Gasteiger partial charge in [-0.2, -0.15) is 0 Å². The van der Waals surface area contributed by atoms with Crippen LogP contribution in [0.5, 0.6) is 0 Å². The second-order valence-electron chi connectivity index (χ2n) is 2.18. The number of rotatable bonds is 3. The van der Waals surface area contributed by atoms with Crippen LogP contribution in [0, 0.1) is 0 Å². The molecule has 0 aliphatic carbocycles. The molecule has 10 heavy (non-hydrogen) atoms. The molecule has 2 nitrogen and oxygen atoms in total. The summed E-state index contributed by atoms with van der Waals surface area (Å²) >= 11 is 0.896. The Balaban J connectivity index is 1.68. The van der Waals surface area contributed by atoms with Gasteiger partial charge in [0.05, 0.1) is 0 Å². The van der Waals surface area contributed by atoms with Gasteiger partial charge in [-0.1, -0.05) is 0 Å². The van der Waals surface area contributed by atoms with Crippen molar-refractivity contribution in [3.63, 3.8) is 0 Å². The SMILES string of the molecule is C1I=C(OCC2CO2)C[I-]1. The van der Waals surface area contributed by atoms with Gasteiger partial charge in [0.15, 0.2) is 0 Å². The molecular formula is C6H9I2O2-. The van der Waals surface area contributed by atoms with Gasteiger partial charge in [-0.05, 0) is 0 Å². The molecule has 1 unspecified atom stereocenters. The van der Waals surface area contributed by atoms with Gasteiger partial charge in [0.25, 0.3) is 0 Å². The Labute approximate surface area is 80.7 Å². The number of epoxide rings is 1. The third kappa shape index (κ3) is 2.38. The van der Waals surface area contributed by atoms with Crippen molar-refractivity contribution in [2.24, 2.45) is 0 Å². The molecule has 0 N–H and O–H groups in total. The Bertz CT molecular complexity index is 154. The first kappa shape index (κ1) is 7.88. The third-order valence-corrected chi connectivity index (χ3v) is 10.9. The molecule has 2 aliphatic heterocycles. The predicted octanol–water partition coefficient (Wildman–Crippen LogP) is -2.44. The van der Waals surface area contributed by atoms with E-state index < -0.39 is 0 Å². The van der Waals surface area contributed by atoms with Crippen LogP contribution in [0.25, 0.3) is 0 Å². The van der Waals surface area contributed by atoms with Gasteiger partial charge in [0, 0.05) is 0 Å². The molecule has 4 heteroatoms. The number of halogens is 2. The molecule has 0 aromatic heterocycles. The molecule has 2 heterocycles. The van der Waals surface area contributed by atoms with Crippen molar-refractivity contribution in [1.82, 2.24) is 0 Å². The van der Waals surface area contributed by atoms with Crippen molar-refractivity contribution >= 4 is 24.4 Å². The van der Waals surface area contributed by atoms with E-state index in [1.807, 2.05) is 0 Å². The molecule has 2 aliphatic rings. The maximum atomic E-state index is 5.59. The Morgan fingerprint density at radius 1 is 1.80 bits per heavy atom. The summed E-state index contributed by atoms with van der Waals surface area (Å²) in [5.74, 6) is 0. The zero-order valence-corrected chi connectivity index (χ0v) is 9.79. The second kappa shape index (κ2) is 3.77. The number of ether oxygens (including phenoxy) is 2. The number of alkyl halides is 3. The first-order valence-corrected chi connectivity index (χ1v) is 8.83. The molecule has 1 atom stereocenters. The summed E-state index contributed by atoms with van der Waals surface area (Å²) in [6, 6.07) is 0. The summed E-state index contributed by atoms with van der Waals surface area (Å²) in [4.78, 5) is 0. The van der Waals surface area contributed by atoms with Gasteiger partial charge in [-0.3, -0.25) is 0 Å². The molecule has 1 fully saturated rings. The summed E-state index contributed by atoms with van der Waals surface area (Å²) in [7, 11) is 0. The Morgan fingerprint density at radius 3 is 3.30 bits per heavy atom. The van der Waals surface area contributed by atoms with Crippen molar-refractivity contribution < 1.29 is 30.7 Å². The van der Waals surface area contributed by atoms with Gasteiger partial charge < -0.3 is 0 Å². The van der Waals surface area contributed by atoms with Crippen molar-refractivity contribution in [2.75, 3.05) is 20.1 Å². The average molecular weight is 367 g/mol. The van der Waals surface area contributed by atoms with E-state index in [0.717, 1.165) is 13.2 Å². The number of hydrogen-bond acceptors (Lipinski definition) is 2. The molecular weight excluding hydrogens is 358 g/mol. The van der Waals surface area contributed by atoms with Crippen molar-refractivity contribution in [3.05, 3.63) is 0 Å². The summed E-state index contributed by atoms with van der Waals surface area (Å²) < 4.78 is 15.0. The molecule has 0 amide bonds. The van der Waals surface area contributed by atoms with Gasteiger partial charge in [-0.15, -0.1) is 0 Å². The average Bonchev–Trinajstić information content (AvgIpc) is 2.63. The zero-order valence-electron chi connectivity index (χ0n) is 5.48. The van der Waals surface area contributed by atoms with Crippen molar-refractivity contribution in [1.29, 1.82) is 0 Å². The molecule has 0 saturated carbocycles. The second-order valence-corrected chi connectivity index (χ2v) is 10.4. The minimum absolute atomic E-state index is 0.360. The third-order valence-electron chi connectivity index (χ3n) is 1.30. The predicted molar refractivity (Wildman–Crippen MR) is 44.5 cm³/mol. The van der Waals surface area contributed by atoms with Crippen LogP contribution in [0.4, 0.5) is 0 Å². The minimum atomic E-state index is 0.360. The van der Waals surface area contributed by atoms with E-state index in [2.05, 4.69) is 0 Å². The van der Waals surface area contributed by atoms with E-state index in [1.165, 1.54) is 8.12 Å². The van der Waals surface area contributed by atoms with E-state index in [0.29, 0.717) is 48.0 Å². The zero-order chi connectivity index (χ0) is 6.81. The monoisotopic (exact) mass is 367 g/mol. The fourth-order valence-corrected chi connectivity index (χ4v) is 10.3. The molecule has 60 valence electrons. The quantitative estimate of drug-likeness (QED) is 0.314. The van der Waals surface area contributed by atoms with Gasteiger partial charge in [0.1, 0.15) is 0 Å². The van der Waals surface area contributed by atoms with E-state index in [4.69, 9.17) is 9.47 Å². The first-order valence-electron chi connectivity index (χ1n) is 3.18. The standard InChI is InChI=1S/C6H9I2O2/c1-6(8-4-7-1)10-3-5-2-9-5/h5H,1-4H2/q-1. The van der Waals surface area contributed by atoms with E-state index >= 15 is 0 Å². The number of hydrogen-bond donors (Lipinski definition) is 0. The van der Waals surface area contributed by atoms with E-state index in [-0.39, 0.29) is 0 Å². The molecule has 0 aromatic carbocycles. The van der Waals surface area contributed by atoms with Crippen molar-refractivity contribution in [3.8, 4) is 0 Å².